The van der Waals surface area contributed by atoms with Gasteiger partial charge in [0.05, 0.1) is 21.3 Å². The molecule has 0 aliphatic carbocycles. The van der Waals surface area contributed by atoms with E-state index < -0.39 is 11.0 Å². The van der Waals surface area contributed by atoms with Crippen LogP contribution in [0.1, 0.15) is 0 Å². The molecule has 0 spiro atoms. The van der Waals surface area contributed by atoms with E-state index in [4.69, 9.17) is 16.3 Å². The zero-order valence-electron chi connectivity index (χ0n) is 8.10. The van der Waals surface area contributed by atoms with Gasteiger partial charge in [-0.2, -0.15) is 0 Å². The third kappa shape index (κ3) is 3.62. The van der Waals surface area contributed by atoms with Crippen LogP contribution in [0.5, 0.6) is 5.75 Å². The second-order valence-electron chi connectivity index (χ2n) is 2.99. The first-order valence-corrected chi connectivity index (χ1v) is 5.68. The summed E-state index contributed by atoms with van der Waals surface area (Å²) < 4.78 is 5.78. The summed E-state index contributed by atoms with van der Waals surface area (Å²) in [7, 11) is 0. The van der Waals surface area contributed by atoms with E-state index >= 15 is 0 Å². The molecule has 1 aromatic rings. The summed E-state index contributed by atoms with van der Waals surface area (Å²) >= 11 is 8.58. The molecule has 5 nitrogen and oxygen atoms in total. The lowest BCUT2D eigenvalue weighted by Crippen LogP contribution is -2.19. The highest BCUT2D eigenvalue weighted by atomic mass is 79.9. The van der Waals surface area contributed by atoms with Crippen LogP contribution in [0.4, 0.5) is 5.69 Å². The Kier molecular flexibility index (Phi) is 4.98. The number of aliphatic hydroxyl groups is 1. The van der Waals surface area contributed by atoms with Crippen LogP contribution in [0, 0.1) is 10.1 Å². The van der Waals surface area contributed by atoms with Crippen molar-refractivity contribution < 1.29 is 14.8 Å². The molecule has 16 heavy (non-hydrogen) atoms. The summed E-state index contributed by atoms with van der Waals surface area (Å²) in [6.45, 7) is -0.0106. The first kappa shape index (κ1) is 13.2. The van der Waals surface area contributed by atoms with Gasteiger partial charge < -0.3 is 9.84 Å². The van der Waals surface area contributed by atoms with E-state index in [0.29, 0.717) is 10.2 Å². The minimum Gasteiger partial charge on any atom is -0.489 e. The molecular formula is C9H9BrClNO4. The Bertz CT molecular complexity index is 388. The van der Waals surface area contributed by atoms with E-state index in [1.54, 1.807) is 0 Å². The number of non-ortho nitro benzene ring substituents is 1. The highest BCUT2D eigenvalue weighted by molar-refractivity contribution is 9.10. The number of nitro groups is 1. The Hall–Kier alpha value is -0.850. The molecule has 0 aliphatic rings. The fourth-order valence-electron chi connectivity index (χ4n) is 0.947. The fourth-order valence-corrected chi connectivity index (χ4v) is 1.40. The van der Waals surface area contributed by atoms with Crippen molar-refractivity contribution in [1.29, 1.82) is 0 Å². The molecule has 7 heteroatoms. The van der Waals surface area contributed by atoms with Gasteiger partial charge in [-0.25, -0.2) is 0 Å². The highest BCUT2D eigenvalue weighted by Crippen LogP contribution is 2.29. The Labute approximate surface area is 105 Å². The minimum atomic E-state index is -0.798. The maximum absolute atomic E-state index is 10.5. The fraction of sp³-hybridized carbons (Fsp3) is 0.333. The van der Waals surface area contributed by atoms with Crippen molar-refractivity contribution >= 4 is 33.2 Å². The predicted octanol–water partition coefficient (Wildman–Crippen LogP) is 2.34. The molecule has 1 rings (SSSR count). The lowest BCUT2D eigenvalue weighted by atomic mass is 10.3. The molecular weight excluding hydrogens is 301 g/mol. The molecule has 1 aromatic carbocycles. The molecule has 1 N–H and O–H groups in total. The van der Waals surface area contributed by atoms with Crippen LogP contribution in [-0.4, -0.2) is 28.6 Å². The SMILES string of the molecule is O=[N+]([O-])c1ccc(Br)c(OCC(O)CCl)c1. The molecule has 88 valence electrons. The summed E-state index contributed by atoms with van der Waals surface area (Å²) in [5, 5.41) is 19.7. The molecule has 0 saturated carbocycles. The van der Waals surface area contributed by atoms with E-state index in [9.17, 15) is 15.2 Å². The van der Waals surface area contributed by atoms with Gasteiger partial charge in [-0.3, -0.25) is 10.1 Å². The Morgan fingerprint density at radius 2 is 2.31 bits per heavy atom. The quantitative estimate of drug-likeness (QED) is 0.515. The first-order valence-electron chi connectivity index (χ1n) is 4.35. The van der Waals surface area contributed by atoms with E-state index in [-0.39, 0.29) is 18.2 Å². The van der Waals surface area contributed by atoms with E-state index in [0.717, 1.165) is 0 Å². The van der Waals surface area contributed by atoms with Crippen LogP contribution in [0.2, 0.25) is 0 Å². The number of alkyl halides is 1. The van der Waals surface area contributed by atoms with Crippen molar-refractivity contribution in [1.82, 2.24) is 0 Å². The summed E-state index contributed by atoms with van der Waals surface area (Å²) in [6.07, 6.45) is -0.798. The molecule has 0 bridgehead atoms. The number of benzene rings is 1. The maximum Gasteiger partial charge on any atom is 0.273 e. The summed E-state index contributed by atoms with van der Waals surface area (Å²) in [5.41, 5.74) is -0.0708. The molecule has 0 aromatic heterocycles. The van der Waals surface area contributed by atoms with Gasteiger partial charge in [-0.05, 0) is 22.0 Å². The van der Waals surface area contributed by atoms with Crippen LogP contribution in [-0.2, 0) is 0 Å². The number of hydrogen-bond donors (Lipinski definition) is 1. The molecule has 1 unspecified atom stereocenters. The second-order valence-corrected chi connectivity index (χ2v) is 4.15. The van der Waals surface area contributed by atoms with Crippen LogP contribution in [0.15, 0.2) is 22.7 Å². The third-order valence-corrected chi connectivity index (χ3v) is 2.75. The van der Waals surface area contributed by atoms with E-state index in [2.05, 4.69) is 15.9 Å². The molecule has 0 radical (unpaired) electrons. The average molecular weight is 311 g/mol. The van der Waals surface area contributed by atoms with E-state index in [1.165, 1.54) is 18.2 Å². The monoisotopic (exact) mass is 309 g/mol. The average Bonchev–Trinajstić information content (AvgIpc) is 2.27. The highest BCUT2D eigenvalue weighted by Gasteiger charge is 2.11. The van der Waals surface area contributed by atoms with Gasteiger partial charge in [0.25, 0.3) is 5.69 Å². The lowest BCUT2D eigenvalue weighted by Gasteiger charge is -2.10. The Balaban J connectivity index is 2.78. The van der Waals surface area contributed by atoms with Crippen molar-refractivity contribution in [2.24, 2.45) is 0 Å². The van der Waals surface area contributed by atoms with Gasteiger partial charge in [0.2, 0.25) is 0 Å². The zero-order valence-corrected chi connectivity index (χ0v) is 10.4. The summed E-state index contributed by atoms with van der Waals surface area (Å²) in [4.78, 5) is 10.0. The number of hydrogen-bond acceptors (Lipinski definition) is 4. The minimum absolute atomic E-state index is 0.0106. The number of halogens is 2. The normalized spacial score (nSPS) is 12.2. The standard InChI is InChI=1S/C9H9BrClNO4/c10-8-2-1-6(12(14)15)3-9(8)16-5-7(13)4-11/h1-3,7,13H,4-5H2. The van der Waals surface area contributed by atoms with Crippen molar-refractivity contribution in [2.45, 2.75) is 6.10 Å². The van der Waals surface area contributed by atoms with Crippen LogP contribution < -0.4 is 4.74 Å². The predicted molar refractivity (Wildman–Crippen MR) is 63.0 cm³/mol. The summed E-state index contributed by atoms with van der Waals surface area (Å²) in [6, 6.07) is 4.15. The van der Waals surface area contributed by atoms with Crippen molar-refractivity contribution in [3.8, 4) is 5.75 Å². The smallest absolute Gasteiger partial charge is 0.273 e. The Morgan fingerprint density at radius 3 is 2.88 bits per heavy atom. The van der Waals surface area contributed by atoms with Crippen molar-refractivity contribution in [3.05, 3.63) is 32.8 Å². The summed E-state index contributed by atoms with van der Waals surface area (Å²) in [5.74, 6) is 0.352. The molecule has 1 atom stereocenters. The number of aliphatic hydroxyl groups excluding tert-OH is 1. The van der Waals surface area contributed by atoms with Crippen LogP contribution in [0.25, 0.3) is 0 Å². The molecule has 0 amide bonds. The molecule has 0 aliphatic heterocycles. The Morgan fingerprint density at radius 1 is 1.62 bits per heavy atom. The number of nitrogens with zero attached hydrogens (tertiary/aromatic N) is 1. The van der Waals surface area contributed by atoms with Gasteiger partial charge >= 0.3 is 0 Å². The molecule has 0 heterocycles. The van der Waals surface area contributed by atoms with Crippen LogP contribution >= 0.6 is 27.5 Å². The number of rotatable bonds is 5. The third-order valence-electron chi connectivity index (χ3n) is 1.73. The van der Waals surface area contributed by atoms with Gasteiger partial charge in [-0.1, -0.05) is 0 Å². The molecule has 0 fully saturated rings. The number of nitro benzene ring substituents is 1. The van der Waals surface area contributed by atoms with Gasteiger partial charge in [-0.15, -0.1) is 11.6 Å². The van der Waals surface area contributed by atoms with Crippen molar-refractivity contribution in [3.63, 3.8) is 0 Å². The second kappa shape index (κ2) is 6.03. The lowest BCUT2D eigenvalue weighted by molar-refractivity contribution is -0.385. The van der Waals surface area contributed by atoms with Gasteiger partial charge in [0.15, 0.2) is 0 Å². The first-order chi connectivity index (χ1) is 7.54. The van der Waals surface area contributed by atoms with Gasteiger partial charge in [0, 0.05) is 6.07 Å². The van der Waals surface area contributed by atoms with E-state index in [1.807, 2.05) is 0 Å². The van der Waals surface area contributed by atoms with Crippen molar-refractivity contribution in [2.75, 3.05) is 12.5 Å². The van der Waals surface area contributed by atoms with Crippen LogP contribution in [0.3, 0.4) is 0 Å². The zero-order chi connectivity index (χ0) is 12.1. The van der Waals surface area contributed by atoms with Gasteiger partial charge in [0.1, 0.15) is 18.5 Å². The largest absolute Gasteiger partial charge is 0.489 e. The number of ether oxygens (including phenoxy) is 1. The topological polar surface area (TPSA) is 72.6 Å². The molecule has 0 saturated heterocycles. The maximum atomic E-state index is 10.5.